The first kappa shape index (κ1) is 17.3. The molecule has 2 aromatic carbocycles. The van der Waals surface area contributed by atoms with E-state index in [2.05, 4.69) is 34.5 Å². The molecule has 3 rings (SSSR count). The third-order valence-corrected chi connectivity index (χ3v) is 4.64. The minimum atomic E-state index is -0.945. The lowest BCUT2D eigenvalue weighted by molar-refractivity contribution is 0.0696. The molecule has 2 N–H and O–H groups in total. The van der Waals surface area contributed by atoms with Crippen LogP contribution in [-0.4, -0.2) is 42.2 Å². The number of methoxy groups -OCH3 is 1. The van der Waals surface area contributed by atoms with Gasteiger partial charge in [-0.05, 0) is 36.6 Å². The Morgan fingerprint density at radius 2 is 1.92 bits per heavy atom. The number of carboxylic acids is 1. The van der Waals surface area contributed by atoms with Gasteiger partial charge in [-0.3, -0.25) is 4.90 Å². The predicted molar refractivity (Wildman–Crippen MR) is 98.3 cm³/mol. The van der Waals surface area contributed by atoms with E-state index in [4.69, 9.17) is 9.84 Å². The van der Waals surface area contributed by atoms with E-state index in [1.54, 1.807) is 25.3 Å². The van der Waals surface area contributed by atoms with Crippen LogP contribution < -0.4 is 10.1 Å². The van der Waals surface area contributed by atoms with Crippen molar-refractivity contribution in [3.05, 3.63) is 59.7 Å². The largest absolute Gasteiger partial charge is 0.495 e. The van der Waals surface area contributed by atoms with Gasteiger partial charge in [0.1, 0.15) is 5.75 Å². The van der Waals surface area contributed by atoms with Gasteiger partial charge < -0.3 is 15.2 Å². The highest BCUT2D eigenvalue weighted by molar-refractivity contribution is 5.89. The molecule has 1 heterocycles. The van der Waals surface area contributed by atoms with Crippen LogP contribution in [0, 0.1) is 0 Å². The lowest BCUT2D eigenvalue weighted by Gasteiger charge is -2.33. The van der Waals surface area contributed by atoms with Crippen LogP contribution in [0.15, 0.2) is 48.5 Å². The second kappa shape index (κ2) is 8.03. The van der Waals surface area contributed by atoms with Gasteiger partial charge in [-0.1, -0.05) is 30.3 Å². The Labute approximate surface area is 148 Å². The number of anilines is 1. The van der Waals surface area contributed by atoms with Gasteiger partial charge in [-0.25, -0.2) is 4.79 Å². The number of hydrogen-bond acceptors (Lipinski definition) is 4. The lowest BCUT2D eigenvalue weighted by atomic mass is 10.0. The van der Waals surface area contributed by atoms with E-state index in [1.807, 2.05) is 6.07 Å². The number of nitrogens with zero attached hydrogens (tertiary/aromatic N) is 1. The molecule has 0 amide bonds. The third kappa shape index (κ3) is 4.51. The second-order valence-electron chi connectivity index (χ2n) is 6.40. The highest BCUT2D eigenvalue weighted by Crippen LogP contribution is 2.28. The molecule has 0 aromatic heterocycles. The molecule has 1 aliphatic rings. The minimum absolute atomic E-state index is 0.236. The number of likely N-dealkylation sites (tertiary alicyclic amines) is 1. The van der Waals surface area contributed by atoms with Crippen LogP contribution in [0.4, 0.5) is 5.69 Å². The number of aromatic carboxylic acids is 1. The molecule has 2 aromatic rings. The highest BCUT2D eigenvalue weighted by Gasteiger charge is 2.20. The second-order valence-corrected chi connectivity index (χ2v) is 6.40. The number of nitrogens with one attached hydrogen (secondary N) is 1. The summed E-state index contributed by atoms with van der Waals surface area (Å²) in [7, 11) is 1.56. The molecular weight excluding hydrogens is 316 g/mol. The van der Waals surface area contributed by atoms with E-state index in [0.717, 1.165) is 38.2 Å². The number of carbonyl (C=O) groups is 1. The molecule has 0 bridgehead atoms. The maximum absolute atomic E-state index is 11.1. The molecular formula is C20H24N2O3. The SMILES string of the molecule is COc1cc(C(=O)O)ccc1NC1CCN(Cc2ccccc2)CC1. The normalized spacial score (nSPS) is 15.7. The highest BCUT2D eigenvalue weighted by atomic mass is 16.5. The molecule has 5 heteroatoms. The van der Waals surface area contributed by atoms with Crippen molar-refractivity contribution in [1.29, 1.82) is 0 Å². The Balaban J connectivity index is 1.56. The number of benzene rings is 2. The van der Waals surface area contributed by atoms with Crippen molar-refractivity contribution in [3.63, 3.8) is 0 Å². The average molecular weight is 340 g/mol. The molecule has 0 saturated carbocycles. The van der Waals surface area contributed by atoms with E-state index in [9.17, 15) is 4.79 Å². The van der Waals surface area contributed by atoms with Crippen molar-refractivity contribution >= 4 is 11.7 Å². The van der Waals surface area contributed by atoms with Crippen LogP contribution in [0.2, 0.25) is 0 Å². The van der Waals surface area contributed by atoms with Crippen LogP contribution in [-0.2, 0) is 6.54 Å². The van der Waals surface area contributed by atoms with E-state index >= 15 is 0 Å². The summed E-state index contributed by atoms with van der Waals surface area (Å²) in [5.41, 5.74) is 2.44. The van der Waals surface area contributed by atoms with Gasteiger partial charge >= 0.3 is 5.97 Å². The summed E-state index contributed by atoms with van der Waals surface area (Å²) in [4.78, 5) is 13.5. The quantitative estimate of drug-likeness (QED) is 0.843. The van der Waals surface area contributed by atoms with Crippen molar-refractivity contribution < 1.29 is 14.6 Å². The number of carboxylic acid groups (broad SMARTS) is 1. The number of rotatable bonds is 6. The predicted octanol–water partition coefficient (Wildman–Crippen LogP) is 3.47. The van der Waals surface area contributed by atoms with E-state index < -0.39 is 5.97 Å². The van der Waals surface area contributed by atoms with Crippen molar-refractivity contribution in [1.82, 2.24) is 4.90 Å². The van der Waals surface area contributed by atoms with Crippen LogP contribution >= 0.6 is 0 Å². The minimum Gasteiger partial charge on any atom is -0.495 e. The Hall–Kier alpha value is -2.53. The zero-order valence-electron chi connectivity index (χ0n) is 14.4. The van der Waals surface area contributed by atoms with Crippen LogP contribution in [0.5, 0.6) is 5.75 Å². The summed E-state index contributed by atoms with van der Waals surface area (Å²) >= 11 is 0. The van der Waals surface area contributed by atoms with Gasteiger partial charge in [0.2, 0.25) is 0 Å². The summed E-state index contributed by atoms with van der Waals surface area (Å²) in [5.74, 6) is -0.370. The van der Waals surface area contributed by atoms with Gasteiger partial charge in [0.15, 0.2) is 0 Å². The number of hydrogen-bond donors (Lipinski definition) is 2. The Bertz CT molecular complexity index is 710. The molecule has 5 nitrogen and oxygen atoms in total. The Morgan fingerprint density at radius 1 is 1.20 bits per heavy atom. The molecule has 0 unspecified atom stereocenters. The zero-order chi connectivity index (χ0) is 17.6. The molecule has 0 aliphatic carbocycles. The summed E-state index contributed by atoms with van der Waals surface area (Å²) in [5, 5.41) is 12.6. The van der Waals surface area contributed by atoms with Gasteiger partial charge in [0, 0.05) is 25.7 Å². The van der Waals surface area contributed by atoms with E-state index in [-0.39, 0.29) is 5.56 Å². The summed E-state index contributed by atoms with van der Waals surface area (Å²) < 4.78 is 5.34. The van der Waals surface area contributed by atoms with Gasteiger partial charge in [0.05, 0.1) is 18.4 Å². The lowest BCUT2D eigenvalue weighted by Crippen LogP contribution is -2.38. The summed E-state index contributed by atoms with van der Waals surface area (Å²) in [6.45, 7) is 3.08. The van der Waals surface area contributed by atoms with Crippen LogP contribution in [0.25, 0.3) is 0 Å². The zero-order valence-corrected chi connectivity index (χ0v) is 14.4. The fraction of sp³-hybridized carbons (Fsp3) is 0.350. The van der Waals surface area contributed by atoms with Crippen molar-refractivity contribution in [2.45, 2.75) is 25.4 Å². The summed E-state index contributed by atoms with van der Waals surface area (Å²) in [6, 6.07) is 15.9. The first-order chi connectivity index (χ1) is 12.2. The third-order valence-electron chi connectivity index (χ3n) is 4.64. The monoisotopic (exact) mass is 340 g/mol. The van der Waals surface area contributed by atoms with E-state index in [1.165, 1.54) is 5.56 Å². The smallest absolute Gasteiger partial charge is 0.335 e. The van der Waals surface area contributed by atoms with Crippen molar-refractivity contribution in [3.8, 4) is 5.75 Å². The van der Waals surface area contributed by atoms with Crippen molar-refractivity contribution in [2.24, 2.45) is 0 Å². The fourth-order valence-electron chi connectivity index (χ4n) is 3.24. The standard InChI is InChI=1S/C20H24N2O3/c1-25-19-13-16(20(23)24)7-8-18(19)21-17-9-11-22(12-10-17)14-15-5-3-2-4-6-15/h2-8,13,17,21H,9-12,14H2,1H3,(H,23,24). The fourth-order valence-corrected chi connectivity index (χ4v) is 3.24. The Morgan fingerprint density at radius 3 is 2.56 bits per heavy atom. The average Bonchev–Trinajstić information content (AvgIpc) is 2.64. The van der Waals surface area contributed by atoms with Gasteiger partial charge in [-0.2, -0.15) is 0 Å². The number of piperidine rings is 1. The molecule has 0 radical (unpaired) electrons. The topological polar surface area (TPSA) is 61.8 Å². The van der Waals surface area contributed by atoms with Crippen LogP contribution in [0.1, 0.15) is 28.8 Å². The molecule has 1 aliphatic heterocycles. The molecule has 1 saturated heterocycles. The Kier molecular flexibility index (Phi) is 5.56. The first-order valence-corrected chi connectivity index (χ1v) is 8.60. The molecule has 1 fully saturated rings. The van der Waals surface area contributed by atoms with Crippen LogP contribution in [0.3, 0.4) is 0 Å². The summed E-state index contributed by atoms with van der Waals surface area (Å²) in [6.07, 6.45) is 2.10. The number of ether oxygens (including phenoxy) is 1. The van der Waals surface area contributed by atoms with Gasteiger partial charge in [-0.15, -0.1) is 0 Å². The maximum Gasteiger partial charge on any atom is 0.335 e. The van der Waals surface area contributed by atoms with E-state index in [0.29, 0.717) is 11.8 Å². The molecule has 25 heavy (non-hydrogen) atoms. The van der Waals surface area contributed by atoms with Gasteiger partial charge in [0.25, 0.3) is 0 Å². The first-order valence-electron chi connectivity index (χ1n) is 8.60. The molecule has 0 spiro atoms. The maximum atomic E-state index is 11.1. The molecule has 0 atom stereocenters. The molecule has 132 valence electrons. The van der Waals surface area contributed by atoms with Crippen molar-refractivity contribution in [2.75, 3.05) is 25.5 Å².